The van der Waals surface area contributed by atoms with Crippen molar-refractivity contribution in [1.82, 2.24) is 10.3 Å². The van der Waals surface area contributed by atoms with E-state index in [0.29, 0.717) is 13.0 Å². The third-order valence-corrected chi connectivity index (χ3v) is 3.08. The molecule has 1 aliphatic carbocycles. The molecule has 15 heavy (non-hydrogen) atoms. The van der Waals surface area contributed by atoms with E-state index in [-0.39, 0.29) is 11.3 Å². The highest BCUT2D eigenvalue weighted by Crippen LogP contribution is 2.43. The van der Waals surface area contributed by atoms with Crippen LogP contribution < -0.4 is 11.1 Å². The molecule has 1 aromatic rings. The van der Waals surface area contributed by atoms with Crippen LogP contribution >= 0.6 is 0 Å². The molecule has 1 amide bonds. The van der Waals surface area contributed by atoms with E-state index in [9.17, 15) is 4.79 Å². The molecule has 1 aromatic heterocycles. The Balaban J connectivity index is 1.74. The van der Waals surface area contributed by atoms with Gasteiger partial charge in [0.2, 0.25) is 5.91 Å². The summed E-state index contributed by atoms with van der Waals surface area (Å²) in [5, 5.41) is 2.94. The number of H-pyrrole nitrogens is 1. The molecule has 0 radical (unpaired) electrons. The largest absolute Gasteiger partial charge is 0.367 e. The summed E-state index contributed by atoms with van der Waals surface area (Å²) in [5.41, 5.74) is 6.87. The molecule has 1 heterocycles. The number of hydrogen-bond acceptors (Lipinski definition) is 2. The van der Waals surface area contributed by atoms with Crippen molar-refractivity contribution in [3.63, 3.8) is 0 Å². The molecule has 0 saturated heterocycles. The molecule has 0 aromatic carbocycles. The molecule has 0 unspecified atom stereocenters. The molecule has 2 rings (SSSR count). The Hall–Kier alpha value is -1.29. The van der Waals surface area contributed by atoms with Crippen molar-refractivity contribution in [2.45, 2.75) is 19.3 Å². The molecule has 1 saturated carbocycles. The summed E-state index contributed by atoms with van der Waals surface area (Å²) < 4.78 is 0. The number of carbonyl (C=O) groups excluding carboxylic acids is 1. The second kappa shape index (κ2) is 4.06. The fourth-order valence-electron chi connectivity index (χ4n) is 1.63. The molecule has 4 heteroatoms. The molecular weight excluding hydrogens is 190 g/mol. The molecule has 1 aliphatic rings. The average Bonchev–Trinajstić information content (AvgIpc) is 2.86. The summed E-state index contributed by atoms with van der Waals surface area (Å²) in [6.45, 7) is 1.41. The van der Waals surface area contributed by atoms with Crippen LogP contribution in [0.25, 0.3) is 0 Å². The van der Waals surface area contributed by atoms with Crippen molar-refractivity contribution in [3.8, 4) is 0 Å². The quantitative estimate of drug-likeness (QED) is 0.654. The normalized spacial score (nSPS) is 17.4. The number of rotatable bonds is 5. The zero-order chi connectivity index (χ0) is 10.7. The molecule has 4 N–H and O–H groups in total. The minimum Gasteiger partial charge on any atom is -0.367 e. The van der Waals surface area contributed by atoms with Gasteiger partial charge in [-0.15, -0.1) is 0 Å². The van der Waals surface area contributed by atoms with Gasteiger partial charge in [0.05, 0.1) is 6.42 Å². The summed E-state index contributed by atoms with van der Waals surface area (Å²) >= 11 is 0. The summed E-state index contributed by atoms with van der Waals surface area (Å²) in [7, 11) is 0. The third-order valence-electron chi connectivity index (χ3n) is 3.08. The van der Waals surface area contributed by atoms with Crippen LogP contribution in [0, 0.1) is 5.41 Å². The number of nitrogens with one attached hydrogen (secondary N) is 2. The second-order valence-electron chi connectivity index (χ2n) is 4.38. The summed E-state index contributed by atoms with van der Waals surface area (Å²) in [6.07, 6.45) is 6.41. The molecule has 0 spiro atoms. The SMILES string of the molecule is NCC1(CNC(=O)Cc2cc[nH]c2)CC1. The number of aromatic nitrogens is 1. The highest BCUT2D eigenvalue weighted by Gasteiger charge is 2.41. The maximum Gasteiger partial charge on any atom is 0.224 e. The maximum absolute atomic E-state index is 11.5. The molecular formula is C11H17N3O. The Morgan fingerprint density at radius 2 is 2.40 bits per heavy atom. The first-order valence-electron chi connectivity index (χ1n) is 5.33. The summed E-state index contributed by atoms with van der Waals surface area (Å²) in [6, 6.07) is 1.91. The lowest BCUT2D eigenvalue weighted by atomic mass is 10.1. The minimum absolute atomic E-state index is 0.0781. The van der Waals surface area contributed by atoms with Gasteiger partial charge in [-0.1, -0.05) is 0 Å². The standard InChI is InChI=1S/C11H17N3O/c12-7-11(2-3-11)8-14-10(15)5-9-1-4-13-6-9/h1,4,6,13H,2-3,5,7-8,12H2,(H,14,15). The van der Waals surface area contributed by atoms with E-state index in [4.69, 9.17) is 5.73 Å². The van der Waals surface area contributed by atoms with Crippen LogP contribution in [0.4, 0.5) is 0 Å². The first-order chi connectivity index (χ1) is 7.24. The first-order valence-corrected chi connectivity index (χ1v) is 5.33. The smallest absolute Gasteiger partial charge is 0.224 e. The van der Waals surface area contributed by atoms with Gasteiger partial charge in [0, 0.05) is 18.9 Å². The van der Waals surface area contributed by atoms with Crippen LogP contribution in [-0.4, -0.2) is 24.0 Å². The Kier molecular flexibility index (Phi) is 2.77. The van der Waals surface area contributed by atoms with Gasteiger partial charge in [-0.25, -0.2) is 0 Å². The van der Waals surface area contributed by atoms with Crippen molar-refractivity contribution >= 4 is 5.91 Å². The third kappa shape index (κ3) is 2.59. The lowest BCUT2D eigenvalue weighted by Crippen LogP contribution is -2.34. The van der Waals surface area contributed by atoms with Gasteiger partial charge in [0.15, 0.2) is 0 Å². The topological polar surface area (TPSA) is 70.9 Å². The minimum atomic E-state index is 0.0781. The zero-order valence-corrected chi connectivity index (χ0v) is 8.75. The van der Waals surface area contributed by atoms with Crippen LogP contribution in [0.15, 0.2) is 18.5 Å². The molecule has 0 aliphatic heterocycles. The van der Waals surface area contributed by atoms with E-state index in [1.165, 1.54) is 0 Å². The van der Waals surface area contributed by atoms with Gasteiger partial charge >= 0.3 is 0 Å². The van der Waals surface area contributed by atoms with Crippen molar-refractivity contribution in [1.29, 1.82) is 0 Å². The number of aromatic amines is 1. The monoisotopic (exact) mass is 207 g/mol. The van der Waals surface area contributed by atoms with Crippen LogP contribution in [0.5, 0.6) is 0 Å². The Morgan fingerprint density at radius 3 is 2.93 bits per heavy atom. The van der Waals surface area contributed by atoms with Gasteiger partial charge in [0.1, 0.15) is 0 Å². The van der Waals surface area contributed by atoms with Gasteiger partial charge in [-0.2, -0.15) is 0 Å². The van der Waals surface area contributed by atoms with Gasteiger partial charge in [-0.05, 0) is 36.4 Å². The zero-order valence-electron chi connectivity index (χ0n) is 8.75. The van der Waals surface area contributed by atoms with Crippen molar-refractivity contribution < 1.29 is 4.79 Å². The molecule has 82 valence electrons. The van der Waals surface area contributed by atoms with Crippen LogP contribution in [0.1, 0.15) is 18.4 Å². The van der Waals surface area contributed by atoms with Crippen molar-refractivity contribution in [2.24, 2.45) is 11.1 Å². The lowest BCUT2D eigenvalue weighted by Gasteiger charge is -2.12. The van der Waals surface area contributed by atoms with E-state index >= 15 is 0 Å². The number of nitrogens with two attached hydrogens (primary N) is 1. The Labute approximate surface area is 89.2 Å². The predicted octanol–water partition coefficient (Wildman–Crippen LogP) is 0.412. The number of hydrogen-bond donors (Lipinski definition) is 3. The molecule has 1 fully saturated rings. The van der Waals surface area contributed by atoms with Crippen LogP contribution in [-0.2, 0) is 11.2 Å². The lowest BCUT2D eigenvalue weighted by molar-refractivity contribution is -0.120. The van der Waals surface area contributed by atoms with Crippen molar-refractivity contribution in [3.05, 3.63) is 24.0 Å². The van der Waals surface area contributed by atoms with E-state index in [1.807, 2.05) is 18.5 Å². The van der Waals surface area contributed by atoms with Crippen LogP contribution in [0.3, 0.4) is 0 Å². The highest BCUT2D eigenvalue weighted by molar-refractivity contribution is 5.78. The fraction of sp³-hybridized carbons (Fsp3) is 0.545. The molecule has 0 bridgehead atoms. The Bertz CT molecular complexity index is 328. The van der Waals surface area contributed by atoms with E-state index in [0.717, 1.165) is 24.9 Å². The summed E-state index contributed by atoms with van der Waals surface area (Å²) in [4.78, 5) is 14.5. The van der Waals surface area contributed by atoms with Crippen LogP contribution in [0.2, 0.25) is 0 Å². The van der Waals surface area contributed by atoms with Gasteiger partial charge < -0.3 is 16.0 Å². The fourth-order valence-corrected chi connectivity index (χ4v) is 1.63. The van der Waals surface area contributed by atoms with Gasteiger partial charge in [-0.3, -0.25) is 4.79 Å². The number of amides is 1. The average molecular weight is 207 g/mol. The first kappa shape index (κ1) is 10.2. The van der Waals surface area contributed by atoms with E-state index in [2.05, 4.69) is 10.3 Å². The molecule has 0 atom stereocenters. The highest BCUT2D eigenvalue weighted by atomic mass is 16.1. The summed E-state index contributed by atoms with van der Waals surface area (Å²) in [5.74, 6) is 0.0781. The van der Waals surface area contributed by atoms with E-state index < -0.39 is 0 Å². The number of carbonyl (C=O) groups is 1. The second-order valence-corrected chi connectivity index (χ2v) is 4.38. The molecule has 4 nitrogen and oxygen atoms in total. The van der Waals surface area contributed by atoms with Crippen molar-refractivity contribution in [2.75, 3.05) is 13.1 Å². The maximum atomic E-state index is 11.5. The predicted molar refractivity (Wildman–Crippen MR) is 58.2 cm³/mol. The Morgan fingerprint density at radius 1 is 1.60 bits per heavy atom. The van der Waals surface area contributed by atoms with Gasteiger partial charge in [0.25, 0.3) is 0 Å². The van der Waals surface area contributed by atoms with E-state index in [1.54, 1.807) is 0 Å².